The zero-order valence-corrected chi connectivity index (χ0v) is 11.6. The standard InChI is InChI=1S/C15H22N2O2/c1-3-17(10-12-6-4-5-7-13(12)16)15(18)14-9-8-11(2)19-14/h4-7,11,14H,3,8-10,16H2,1-2H3. The van der Waals surface area contributed by atoms with Gasteiger partial charge < -0.3 is 15.4 Å². The number of hydrogen-bond acceptors (Lipinski definition) is 3. The lowest BCUT2D eigenvalue weighted by atomic mass is 10.1. The SMILES string of the molecule is CCN(Cc1ccccc1N)C(=O)C1CCC(C)O1. The number of ether oxygens (including phenoxy) is 1. The minimum atomic E-state index is -0.278. The number of para-hydroxylation sites is 1. The lowest BCUT2D eigenvalue weighted by Gasteiger charge is -2.24. The summed E-state index contributed by atoms with van der Waals surface area (Å²) < 4.78 is 5.65. The molecule has 1 heterocycles. The van der Waals surface area contributed by atoms with E-state index in [0.717, 1.165) is 24.1 Å². The molecule has 1 fully saturated rings. The van der Waals surface area contributed by atoms with E-state index in [-0.39, 0.29) is 18.1 Å². The average molecular weight is 262 g/mol. The number of hydrogen-bond donors (Lipinski definition) is 1. The highest BCUT2D eigenvalue weighted by molar-refractivity contribution is 5.81. The van der Waals surface area contributed by atoms with Crippen LogP contribution in [0.15, 0.2) is 24.3 Å². The first-order valence-electron chi connectivity index (χ1n) is 6.89. The monoisotopic (exact) mass is 262 g/mol. The molecule has 1 amide bonds. The van der Waals surface area contributed by atoms with Crippen LogP contribution in [0.25, 0.3) is 0 Å². The quantitative estimate of drug-likeness (QED) is 0.846. The van der Waals surface area contributed by atoms with Gasteiger partial charge >= 0.3 is 0 Å². The fourth-order valence-corrected chi connectivity index (χ4v) is 2.42. The zero-order chi connectivity index (χ0) is 13.8. The van der Waals surface area contributed by atoms with Gasteiger partial charge in [-0.05, 0) is 38.3 Å². The third-order valence-electron chi connectivity index (χ3n) is 3.62. The van der Waals surface area contributed by atoms with Gasteiger partial charge in [0.2, 0.25) is 0 Å². The summed E-state index contributed by atoms with van der Waals surface area (Å²) in [6.45, 7) is 5.21. The first kappa shape index (κ1) is 13.9. The van der Waals surface area contributed by atoms with Gasteiger partial charge in [0, 0.05) is 18.8 Å². The molecule has 1 aliphatic heterocycles. The molecule has 2 N–H and O–H groups in total. The van der Waals surface area contributed by atoms with E-state index < -0.39 is 0 Å². The van der Waals surface area contributed by atoms with Crippen molar-refractivity contribution in [2.45, 2.75) is 45.4 Å². The van der Waals surface area contributed by atoms with Crippen molar-refractivity contribution in [2.75, 3.05) is 12.3 Å². The maximum absolute atomic E-state index is 12.4. The molecular weight excluding hydrogens is 240 g/mol. The molecule has 104 valence electrons. The zero-order valence-electron chi connectivity index (χ0n) is 11.6. The number of nitrogens with two attached hydrogens (primary N) is 1. The molecule has 1 aromatic rings. The minimum Gasteiger partial charge on any atom is -0.398 e. The molecule has 1 aliphatic rings. The number of nitrogens with zero attached hydrogens (tertiary/aromatic N) is 1. The van der Waals surface area contributed by atoms with Crippen molar-refractivity contribution in [3.63, 3.8) is 0 Å². The van der Waals surface area contributed by atoms with E-state index in [2.05, 4.69) is 0 Å². The summed E-state index contributed by atoms with van der Waals surface area (Å²) in [6, 6.07) is 7.67. The molecule has 0 aliphatic carbocycles. The molecule has 0 aromatic heterocycles. The van der Waals surface area contributed by atoms with Gasteiger partial charge in [-0.25, -0.2) is 0 Å². The van der Waals surface area contributed by atoms with E-state index >= 15 is 0 Å². The lowest BCUT2D eigenvalue weighted by Crippen LogP contribution is -2.38. The molecule has 4 heteroatoms. The predicted molar refractivity (Wildman–Crippen MR) is 75.5 cm³/mol. The molecule has 0 radical (unpaired) electrons. The molecule has 2 unspecified atom stereocenters. The molecule has 19 heavy (non-hydrogen) atoms. The highest BCUT2D eigenvalue weighted by atomic mass is 16.5. The van der Waals surface area contributed by atoms with Gasteiger partial charge in [0.1, 0.15) is 6.10 Å². The van der Waals surface area contributed by atoms with Crippen molar-refractivity contribution in [1.29, 1.82) is 0 Å². The van der Waals surface area contributed by atoms with Gasteiger partial charge in [-0.1, -0.05) is 18.2 Å². The molecule has 0 spiro atoms. The van der Waals surface area contributed by atoms with Crippen LogP contribution < -0.4 is 5.73 Å². The smallest absolute Gasteiger partial charge is 0.252 e. The number of amides is 1. The number of rotatable bonds is 4. The number of benzene rings is 1. The van der Waals surface area contributed by atoms with Gasteiger partial charge in [-0.15, -0.1) is 0 Å². The molecule has 4 nitrogen and oxygen atoms in total. The molecule has 2 rings (SSSR count). The average Bonchev–Trinajstić information content (AvgIpc) is 2.84. The van der Waals surface area contributed by atoms with Crippen LogP contribution in [0, 0.1) is 0 Å². The van der Waals surface area contributed by atoms with Crippen LogP contribution in [0.5, 0.6) is 0 Å². The second-order valence-corrected chi connectivity index (χ2v) is 5.06. The Kier molecular flexibility index (Phi) is 4.43. The summed E-state index contributed by atoms with van der Waals surface area (Å²) in [5.41, 5.74) is 7.65. The van der Waals surface area contributed by atoms with Gasteiger partial charge in [-0.2, -0.15) is 0 Å². The summed E-state index contributed by atoms with van der Waals surface area (Å²) in [5, 5.41) is 0. The fraction of sp³-hybridized carbons (Fsp3) is 0.533. The summed E-state index contributed by atoms with van der Waals surface area (Å²) in [6.07, 6.45) is 1.69. The maximum atomic E-state index is 12.4. The van der Waals surface area contributed by atoms with E-state index in [1.165, 1.54) is 0 Å². The third-order valence-corrected chi connectivity index (χ3v) is 3.62. The number of nitrogen functional groups attached to an aromatic ring is 1. The molecule has 0 saturated carbocycles. The van der Waals surface area contributed by atoms with Crippen molar-refractivity contribution in [1.82, 2.24) is 4.90 Å². The van der Waals surface area contributed by atoms with Crippen LogP contribution in [-0.2, 0) is 16.1 Å². The second kappa shape index (κ2) is 6.06. The van der Waals surface area contributed by atoms with E-state index in [0.29, 0.717) is 13.1 Å². The Morgan fingerprint density at radius 1 is 1.42 bits per heavy atom. The van der Waals surface area contributed by atoms with Crippen LogP contribution in [-0.4, -0.2) is 29.6 Å². The Morgan fingerprint density at radius 3 is 2.74 bits per heavy atom. The van der Waals surface area contributed by atoms with Crippen LogP contribution in [0.3, 0.4) is 0 Å². The Balaban J connectivity index is 2.04. The van der Waals surface area contributed by atoms with Crippen LogP contribution in [0.4, 0.5) is 5.69 Å². The van der Waals surface area contributed by atoms with Crippen LogP contribution >= 0.6 is 0 Å². The van der Waals surface area contributed by atoms with E-state index in [4.69, 9.17) is 10.5 Å². The van der Waals surface area contributed by atoms with E-state index in [9.17, 15) is 4.79 Å². The van der Waals surface area contributed by atoms with Gasteiger partial charge in [-0.3, -0.25) is 4.79 Å². The van der Waals surface area contributed by atoms with Crippen molar-refractivity contribution in [2.24, 2.45) is 0 Å². The Morgan fingerprint density at radius 2 is 2.16 bits per heavy atom. The van der Waals surface area contributed by atoms with Crippen molar-refractivity contribution < 1.29 is 9.53 Å². The maximum Gasteiger partial charge on any atom is 0.252 e. The second-order valence-electron chi connectivity index (χ2n) is 5.06. The topological polar surface area (TPSA) is 55.6 Å². The van der Waals surface area contributed by atoms with E-state index in [1.807, 2.05) is 43.0 Å². The Bertz CT molecular complexity index is 448. The highest BCUT2D eigenvalue weighted by Gasteiger charge is 2.31. The first-order chi connectivity index (χ1) is 9.11. The number of anilines is 1. The van der Waals surface area contributed by atoms with E-state index in [1.54, 1.807) is 0 Å². The molecule has 2 atom stereocenters. The summed E-state index contributed by atoms with van der Waals surface area (Å²) in [4.78, 5) is 14.2. The van der Waals surface area contributed by atoms with Crippen molar-refractivity contribution >= 4 is 11.6 Å². The minimum absolute atomic E-state index is 0.0788. The van der Waals surface area contributed by atoms with Gasteiger partial charge in [0.05, 0.1) is 6.10 Å². The fourth-order valence-electron chi connectivity index (χ4n) is 2.42. The highest BCUT2D eigenvalue weighted by Crippen LogP contribution is 2.22. The normalized spacial score (nSPS) is 22.4. The van der Waals surface area contributed by atoms with Crippen molar-refractivity contribution in [3.8, 4) is 0 Å². The number of likely N-dealkylation sites (N-methyl/N-ethyl adjacent to an activating group) is 1. The van der Waals surface area contributed by atoms with Gasteiger partial charge in [0.15, 0.2) is 0 Å². The Hall–Kier alpha value is -1.55. The number of carbonyl (C=O) groups is 1. The summed E-state index contributed by atoms with van der Waals surface area (Å²) >= 11 is 0. The third kappa shape index (κ3) is 3.26. The van der Waals surface area contributed by atoms with Gasteiger partial charge in [0.25, 0.3) is 5.91 Å². The van der Waals surface area contributed by atoms with Crippen molar-refractivity contribution in [3.05, 3.63) is 29.8 Å². The molecule has 0 bridgehead atoms. The molecular formula is C15H22N2O2. The predicted octanol–water partition coefficient (Wildman–Crippen LogP) is 2.18. The Labute approximate surface area is 114 Å². The molecule has 1 aromatic carbocycles. The summed E-state index contributed by atoms with van der Waals surface area (Å²) in [7, 11) is 0. The first-order valence-corrected chi connectivity index (χ1v) is 6.89. The summed E-state index contributed by atoms with van der Waals surface area (Å²) in [5.74, 6) is 0.0788. The number of carbonyl (C=O) groups excluding carboxylic acids is 1. The van der Waals surface area contributed by atoms with Crippen LogP contribution in [0.1, 0.15) is 32.3 Å². The lowest BCUT2D eigenvalue weighted by molar-refractivity contribution is -0.143. The largest absolute Gasteiger partial charge is 0.398 e. The molecule has 1 saturated heterocycles. The van der Waals surface area contributed by atoms with Crippen LogP contribution in [0.2, 0.25) is 0 Å².